The van der Waals surface area contributed by atoms with Crippen LogP contribution in [0.4, 0.5) is 4.79 Å². The lowest BCUT2D eigenvalue weighted by molar-refractivity contribution is -0.142. The van der Waals surface area contributed by atoms with Gasteiger partial charge < -0.3 is 20.5 Å². The molecule has 2 amide bonds. The number of carboxylic acids is 1. The molecule has 0 aromatic heterocycles. The van der Waals surface area contributed by atoms with Gasteiger partial charge in [0.25, 0.3) is 0 Å². The normalized spacial score (nSPS) is 19.8. The van der Waals surface area contributed by atoms with Crippen molar-refractivity contribution in [1.82, 2.24) is 10.6 Å². The van der Waals surface area contributed by atoms with E-state index in [1.54, 1.807) is 13.0 Å². The summed E-state index contributed by atoms with van der Waals surface area (Å²) in [5.74, 6) is -2.10. The number of hydrogen-bond donors (Lipinski definition) is 3. The molecule has 0 radical (unpaired) electrons. The van der Waals surface area contributed by atoms with Crippen LogP contribution in [0.2, 0.25) is 0 Å². The molecule has 3 N–H and O–H groups in total. The number of rotatable bonds is 7. The fourth-order valence-electron chi connectivity index (χ4n) is 4.50. The van der Waals surface area contributed by atoms with Crippen LogP contribution in [0, 0.1) is 11.8 Å². The molecule has 0 saturated carbocycles. The van der Waals surface area contributed by atoms with E-state index in [0.717, 1.165) is 22.3 Å². The van der Waals surface area contributed by atoms with Crippen molar-refractivity contribution in [2.45, 2.75) is 31.7 Å². The van der Waals surface area contributed by atoms with E-state index in [2.05, 4.69) is 34.9 Å². The van der Waals surface area contributed by atoms with E-state index in [1.807, 2.05) is 30.3 Å². The summed E-state index contributed by atoms with van der Waals surface area (Å²) in [6.45, 7) is 2.05. The van der Waals surface area contributed by atoms with Gasteiger partial charge in [-0.15, -0.1) is 0 Å². The number of alkyl carbamates (subject to hydrolysis) is 1. The number of allylic oxidation sites excluding steroid dienone is 1. The fourth-order valence-corrected chi connectivity index (χ4v) is 4.50. The van der Waals surface area contributed by atoms with E-state index in [0.29, 0.717) is 12.8 Å². The van der Waals surface area contributed by atoms with Crippen LogP contribution in [0.15, 0.2) is 60.7 Å². The minimum absolute atomic E-state index is 0.0239. The number of carbonyl (C=O) groups is 3. The zero-order valence-electron chi connectivity index (χ0n) is 18.5. The minimum Gasteiger partial charge on any atom is -0.481 e. The molecule has 2 aliphatic carbocycles. The Labute approximate surface area is 192 Å². The molecule has 0 bridgehead atoms. The lowest BCUT2D eigenvalue weighted by Crippen LogP contribution is -2.43. The molecule has 2 aliphatic rings. The molecule has 2 aromatic carbocycles. The molecular formula is C26H28N2O5. The van der Waals surface area contributed by atoms with Gasteiger partial charge in [-0.2, -0.15) is 0 Å². The van der Waals surface area contributed by atoms with Gasteiger partial charge in [-0.25, -0.2) is 4.79 Å². The predicted molar refractivity (Wildman–Crippen MR) is 124 cm³/mol. The summed E-state index contributed by atoms with van der Waals surface area (Å²) in [7, 11) is 0. The maximum Gasteiger partial charge on any atom is 0.407 e. The Morgan fingerprint density at radius 2 is 1.70 bits per heavy atom. The molecule has 33 heavy (non-hydrogen) atoms. The average molecular weight is 449 g/mol. The van der Waals surface area contributed by atoms with E-state index >= 15 is 0 Å². The Kier molecular flexibility index (Phi) is 6.77. The van der Waals surface area contributed by atoms with Crippen molar-refractivity contribution in [2.75, 3.05) is 13.2 Å². The summed E-state index contributed by atoms with van der Waals surface area (Å²) in [5.41, 5.74) is 4.60. The van der Waals surface area contributed by atoms with Crippen molar-refractivity contribution in [1.29, 1.82) is 0 Å². The van der Waals surface area contributed by atoms with Crippen molar-refractivity contribution >= 4 is 18.0 Å². The summed E-state index contributed by atoms with van der Waals surface area (Å²) in [5, 5.41) is 14.7. The average Bonchev–Trinajstić information content (AvgIpc) is 3.15. The highest BCUT2D eigenvalue weighted by Gasteiger charge is 2.29. The van der Waals surface area contributed by atoms with Gasteiger partial charge >= 0.3 is 12.1 Å². The van der Waals surface area contributed by atoms with Gasteiger partial charge in [0.05, 0.1) is 11.8 Å². The largest absolute Gasteiger partial charge is 0.481 e. The number of hydrogen-bond acceptors (Lipinski definition) is 4. The standard InChI is InChI=1S/C26H28N2O5/c1-16(24(29)28-18-8-6-7-17(13-18)25(30)31)14-27-26(32)33-15-23-21-11-4-2-9-19(21)20-10-3-5-12-22(20)23/h2-6,8-12,16-18,23H,7,13-15H2,1H3,(H,27,32)(H,28,29)(H,30,31). The number of ether oxygens (including phenoxy) is 1. The molecule has 3 unspecified atom stereocenters. The van der Waals surface area contributed by atoms with Crippen molar-refractivity contribution in [3.8, 4) is 11.1 Å². The van der Waals surface area contributed by atoms with Gasteiger partial charge in [0.1, 0.15) is 6.61 Å². The molecule has 0 spiro atoms. The molecule has 3 atom stereocenters. The van der Waals surface area contributed by atoms with Crippen molar-refractivity contribution in [3.63, 3.8) is 0 Å². The summed E-state index contributed by atoms with van der Waals surface area (Å²) in [4.78, 5) is 36.0. The molecule has 7 heteroatoms. The van der Waals surface area contributed by atoms with Gasteiger partial charge in [0, 0.05) is 18.5 Å². The van der Waals surface area contributed by atoms with E-state index in [9.17, 15) is 19.5 Å². The van der Waals surface area contributed by atoms with Crippen LogP contribution in [0.1, 0.15) is 36.8 Å². The third kappa shape index (κ3) is 5.08. The van der Waals surface area contributed by atoms with Gasteiger partial charge in [0.15, 0.2) is 0 Å². The lowest BCUT2D eigenvalue weighted by Gasteiger charge is -2.24. The SMILES string of the molecule is CC(CNC(=O)OCC1c2ccccc2-c2ccccc21)C(=O)NC1C=CCC(C(=O)O)C1. The zero-order chi connectivity index (χ0) is 23.4. The van der Waals surface area contributed by atoms with E-state index < -0.39 is 23.9 Å². The topological polar surface area (TPSA) is 105 Å². The zero-order valence-corrected chi connectivity index (χ0v) is 18.5. The van der Waals surface area contributed by atoms with Crippen LogP contribution in [-0.2, 0) is 14.3 Å². The quantitative estimate of drug-likeness (QED) is 0.561. The number of nitrogens with one attached hydrogen (secondary N) is 2. The highest BCUT2D eigenvalue weighted by Crippen LogP contribution is 2.44. The molecule has 0 fully saturated rings. The molecule has 0 aliphatic heterocycles. The molecule has 0 heterocycles. The first kappa shape index (κ1) is 22.6. The van der Waals surface area contributed by atoms with Crippen LogP contribution >= 0.6 is 0 Å². The molecule has 172 valence electrons. The van der Waals surface area contributed by atoms with Crippen molar-refractivity contribution in [3.05, 3.63) is 71.8 Å². The Morgan fingerprint density at radius 1 is 1.06 bits per heavy atom. The van der Waals surface area contributed by atoms with Gasteiger partial charge in [-0.1, -0.05) is 67.6 Å². The van der Waals surface area contributed by atoms with Gasteiger partial charge in [-0.05, 0) is 35.1 Å². The number of amides is 2. The Bertz CT molecular complexity index is 1030. The van der Waals surface area contributed by atoms with Crippen LogP contribution in [0.25, 0.3) is 11.1 Å². The fraction of sp³-hybridized carbons (Fsp3) is 0.346. The minimum atomic E-state index is -0.858. The number of carboxylic acid groups (broad SMARTS) is 1. The molecule has 2 aromatic rings. The molecule has 0 saturated heterocycles. The smallest absolute Gasteiger partial charge is 0.407 e. The Morgan fingerprint density at radius 3 is 2.33 bits per heavy atom. The van der Waals surface area contributed by atoms with Crippen molar-refractivity contribution < 1.29 is 24.2 Å². The number of benzene rings is 2. The Hall–Kier alpha value is -3.61. The monoisotopic (exact) mass is 448 g/mol. The second kappa shape index (κ2) is 9.90. The number of carbonyl (C=O) groups excluding carboxylic acids is 2. The highest BCUT2D eigenvalue weighted by molar-refractivity contribution is 5.81. The number of aliphatic carboxylic acids is 1. The summed E-state index contributed by atoms with van der Waals surface area (Å²) in [6.07, 6.45) is 3.88. The van der Waals surface area contributed by atoms with Crippen LogP contribution < -0.4 is 10.6 Å². The molecule has 4 rings (SSSR count). The summed E-state index contributed by atoms with van der Waals surface area (Å²) in [6, 6.07) is 15.9. The second-order valence-corrected chi connectivity index (χ2v) is 8.66. The van der Waals surface area contributed by atoms with E-state index in [-0.39, 0.29) is 31.0 Å². The maximum absolute atomic E-state index is 12.5. The van der Waals surface area contributed by atoms with Crippen LogP contribution in [0.3, 0.4) is 0 Å². The highest BCUT2D eigenvalue weighted by atomic mass is 16.5. The van der Waals surface area contributed by atoms with E-state index in [4.69, 9.17) is 4.74 Å². The van der Waals surface area contributed by atoms with E-state index in [1.165, 1.54) is 0 Å². The second-order valence-electron chi connectivity index (χ2n) is 8.66. The van der Waals surface area contributed by atoms with Crippen LogP contribution in [0.5, 0.6) is 0 Å². The van der Waals surface area contributed by atoms with Gasteiger partial charge in [0.2, 0.25) is 5.91 Å². The first-order valence-corrected chi connectivity index (χ1v) is 11.2. The van der Waals surface area contributed by atoms with Crippen molar-refractivity contribution in [2.24, 2.45) is 11.8 Å². The van der Waals surface area contributed by atoms with Gasteiger partial charge in [-0.3, -0.25) is 9.59 Å². The van der Waals surface area contributed by atoms with Crippen LogP contribution in [-0.4, -0.2) is 42.3 Å². The summed E-state index contributed by atoms with van der Waals surface area (Å²) < 4.78 is 5.50. The molecule has 7 nitrogen and oxygen atoms in total. The third-order valence-corrected chi connectivity index (χ3v) is 6.35. The lowest BCUT2D eigenvalue weighted by atomic mass is 9.91. The maximum atomic E-state index is 12.5. The Balaban J connectivity index is 1.26. The predicted octanol–water partition coefficient (Wildman–Crippen LogP) is 3.70. The third-order valence-electron chi connectivity index (χ3n) is 6.35. The number of fused-ring (bicyclic) bond motifs is 3. The molecular weight excluding hydrogens is 420 g/mol. The summed E-state index contributed by atoms with van der Waals surface area (Å²) >= 11 is 0. The first-order valence-electron chi connectivity index (χ1n) is 11.2. The first-order chi connectivity index (χ1) is 15.9.